The maximum absolute atomic E-state index is 15.4. The van der Waals surface area contributed by atoms with Gasteiger partial charge in [0.05, 0.1) is 12.3 Å². The SMILES string of the molecule is C=C1C=C(c2ccc(C(F)(F)F)c(OCCCCc3ccc(F)cc3)c2F)C=CN1/N=C(/N)C(C)CC. The third-order valence-electron chi connectivity index (χ3n) is 6.09. The number of alkyl halides is 3. The van der Waals surface area contributed by atoms with Crippen LogP contribution in [-0.2, 0) is 12.6 Å². The number of ether oxygens (including phenoxy) is 1. The van der Waals surface area contributed by atoms with Crippen LogP contribution in [0, 0.1) is 17.6 Å². The molecule has 0 radical (unpaired) electrons. The molecule has 0 spiro atoms. The Morgan fingerprint density at radius 3 is 2.43 bits per heavy atom. The maximum Gasteiger partial charge on any atom is 0.420 e. The van der Waals surface area contributed by atoms with Crippen LogP contribution in [0.1, 0.15) is 49.8 Å². The lowest BCUT2D eigenvalue weighted by atomic mass is 9.99. The van der Waals surface area contributed by atoms with Gasteiger partial charge in [0.15, 0.2) is 11.6 Å². The van der Waals surface area contributed by atoms with E-state index in [0.717, 1.165) is 24.1 Å². The topological polar surface area (TPSA) is 50.8 Å². The number of amidine groups is 1. The van der Waals surface area contributed by atoms with Crippen molar-refractivity contribution in [2.24, 2.45) is 16.8 Å². The van der Waals surface area contributed by atoms with Crippen LogP contribution in [0.3, 0.4) is 0 Å². The molecule has 2 N–H and O–H groups in total. The Morgan fingerprint density at radius 2 is 1.81 bits per heavy atom. The molecule has 0 aliphatic carbocycles. The predicted octanol–water partition coefficient (Wildman–Crippen LogP) is 7.43. The first-order valence-electron chi connectivity index (χ1n) is 12.0. The molecule has 1 unspecified atom stereocenters. The summed E-state index contributed by atoms with van der Waals surface area (Å²) in [6.45, 7) is 7.70. The molecule has 1 aliphatic rings. The second kappa shape index (κ2) is 12.1. The molecular weight excluding hydrogens is 489 g/mol. The van der Waals surface area contributed by atoms with Gasteiger partial charge in [-0.05, 0) is 67.2 Å². The second-order valence-electron chi connectivity index (χ2n) is 8.82. The Kier molecular flexibility index (Phi) is 9.13. The van der Waals surface area contributed by atoms with Gasteiger partial charge in [-0.2, -0.15) is 18.3 Å². The van der Waals surface area contributed by atoms with Crippen molar-refractivity contribution in [1.29, 1.82) is 0 Å². The first-order chi connectivity index (χ1) is 17.5. The molecule has 0 fully saturated rings. The molecule has 2 aromatic carbocycles. The van der Waals surface area contributed by atoms with Gasteiger partial charge in [0.2, 0.25) is 0 Å². The van der Waals surface area contributed by atoms with Crippen LogP contribution in [0.25, 0.3) is 5.57 Å². The van der Waals surface area contributed by atoms with Crippen LogP contribution in [0.4, 0.5) is 22.0 Å². The number of allylic oxidation sites excluding steroid dienone is 3. The van der Waals surface area contributed by atoms with E-state index in [1.54, 1.807) is 12.1 Å². The molecule has 0 saturated carbocycles. The Bertz CT molecular complexity index is 1200. The zero-order chi connectivity index (χ0) is 27.2. The van der Waals surface area contributed by atoms with Crippen LogP contribution in [0.15, 0.2) is 72.1 Å². The van der Waals surface area contributed by atoms with E-state index in [1.807, 2.05) is 13.8 Å². The molecule has 0 aromatic heterocycles. The lowest BCUT2D eigenvalue weighted by Crippen LogP contribution is -2.25. The van der Waals surface area contributed by atoms with Crippen LogP contribution in [0.2, 0.25) is 0 Å². The van der Waals surface area contributed by atoms with Crippen LogP contribution in [0.5, 0.6) is 5.75 Å². The Morgan fingerprint density at radius 1 is 1.11 bits per heavy atom. The molecule has 1 aliphatic heterocycles. The molecule has 0 bridgehead atoms. The number of aryl methyl sites for hydroxylation is 1. The fourth-order valence-corrected chi connectivity index (χ4v) is 3.64. The Hall–Kier alpha value is -3.62. The summed E-state index contributed by atoms with van der Waals surface area (Å²) in [4.78, 5) is 0. The molecule has 3 rings (SSSR count). The molecule has 198 valence electrons. The molecule has 1 heterocycles. The van der Waals surface area contributed by atoms with E-state index in [1.165, 1.54) is 35.5 Å². The van der Waals surface area contributed by atoms with Crippen LogP contribution >= 0.6 is 0 Å². The van der Waals surface area contributed by atoms with E-state index in [-0.39, 0.29) is 23.9 Å². The number of halogens is 5. The van der Waals surface area contributed by atoms with E-state index in [0.29, 0.717) is 36.4 Å². The van der Waals surface area contributed by atoms with E-state index in [9.17, 15) is 17.6 Å². The number of nitrogens with zero attached hydrogens (tertiary/aromatic N) is 2. The van der Waals surface area contributed by atoms with Gasteiger partial charge in [0, 0.05) is 17.7 Å². The van der Waals surface area contributed by atoms with Gasteiger partial charge in [-0.3, -0.25) is 0 Å². The van der Waals surface area contributed by atoms with Crippen molar-refractivity contribution in [3.8, 4) is 5.75 Å². The van der Waals surface area contributed by atoms with Crippen molar-refractivity contribution in [2.75, 3.05) is 6.61 Å². The van der Waals surface area contributed by atoms with Gasteiger partial charge in [0.25, 0.3) is 0 Å². The molecule has 2 aromatic rings. The van der Waals surface area contributed by atoms with Crippen LogP contribution < -0.4 is 10.5 Å². The fourth-order valence-electron chi connectivity index (χ4n) is 3.64. The number of rotatable bonds is 10. The summed E-state index contributed by atoms with van der Waals surface area (Å²) in [5.74, 6) is -1.83. The van der Waals surface area contributed by atoms with Crippen molar-refractivity contribution in [1.82, 2.24) is 5.01 Å². The highest BCUT2D eigenvalue weighted by molar-refractivity contribution is 5.83. The van der Waals surface area contributed by atoms with Crippen LogP contribution in [-0.4, -0.2) is 17.5 Å². The zero-order valence-electron chi connectivity index (χ0n) is 20.8. The molecule has 0 amide bonds. The van der Waals surface area contributed by atoms with E-state index >= 15 is 4.39 Å². The monoisotopic (exact) mass is 519 g/mol. The van der Waals surface area contributed by atoms with Gasteiger partial charge in [0.1, 0.15) is 17.2 Å². The van der Waals surface area contributed by atoms with Crippen molar-refractivity contribution in [2.45, 2.75) is 45.7 Å². The predicted molar refractivity (Wildman–Crippen MR) is 135 cm³/mol. The third kappa shape index (κ3) is 7.21. The molecule has 4 nitrogen and oxygen atoms in total. The average molecular weight is 520 g/mol. The van der Waals surface area contributed by atoms with Gasteiger partial charge in [-0.25, -0.2) is 13.8 Å². The fraction of sp³-hybridized carbons (Fsp3) is 0.321. The number of hydrogen-bond acceptors (Lipinski definition) is 3. The summed E-state index contributed by atoms with van der Waals surface area (Å²) in [5, 5.41) is 5.73. The van der Waals surface area contributed by atoms with Crippen molar-refractivity contribution in [3.05, 3.63) is 95.4 Å². The number of unbranched alkanes of at least 4 members (excludes halogenated alkanes) is 1. The molecule has 37 heavy (non-hydrogen) atoms. The maximum atomic E-state index is 15.4. The number of benzene rings is 2. The first kappa shape index (κ1) is 28.0. The molecule has 1 atom stereocenters. The van der Waals surface area contributed by atoms with E-state index in [2.05, 4.69) is 11.7 Å². The minimum absolute atomic E-state index is 0.0503. The second-order valence-corrected chi connectivity index (χ2v) is 8.82. The largest absolute Gasteiger partial charge is 0.490 e. The summed E-state index contributed by atoms with van der Waals surface area (Å²) in [5.41, 5.74) is 6.36. The first-order valence-corrected chi connectivity index (χ1v) is 12.0. The quantitative estimate of drug-likeness (QED) is 0.154. The van der Waals surface area contributed by atoms with Crippen molar-refractivity contribution in [3.63, 3.8) is 0 Å². The Balaban J connectivity index is 1.76. The van der Waals surface area contributed by atoms with E-state index in [4.69, 9.17) is 10.5 Å². The van der Waals surface area contributed by atoms with E-state index < -0.39 is 23.3 Å². The van der Waals surface area contributed by atoms with Gasteiger partial charge in [-0.1, -0.05) is 38.6 Å². The van der Waals surface area contributed by atoms with Gasteiger partial charge >= 0.3 is 6.18 Å². The third-order valence-corrected chi connectivity index (χ3v) is 6.09. The summed E-state index contributed by atoms with van der Waals surface area (Å²) in [6.07, 6.45) is 2.15. The summed E-state index contributed by atoms with van der Waals surface area (Å²) in [6, 6.07) is 7.87. The van der Waals surface area contributed by atoms with Gasteiger partial charge in [-0.15, -0.1) is 0 Å². The molecular formula is C28H30F5N3O. The summed E-state index contributed by atoms with van der Waals surface area (Å²) in [7, 11) is 0. The van der Waals surface area contributed by atoms with Crippen molar-refractivity contribution >= 4 is 11.4 Å². The summed E-state index contributed by atoms with van der Waals surface area (Å²) >= 11 is 0. The smallest absolute Gasteiger partial charge is 0.420 e. The number of hydrogen-bond donors (Lipinski definition) is 1. The minimum atomic E-state index is -4.79. The standard InChI is InChI=1S/C28H30F5N3O/c1-4-18(2)27(34)35-36-15-14-21(17-19(36)3)23-12-13-24(28(31,32)33)26(25(23)30)37-16-6-5-7-20-8-10-22(29)11-9-20/h8-15,17-18H,3-7,16H2,1-2H3,(H2,34,35). The normalized spacial score (nSPS) is 15.1. The molecule has 9 heteroatoms. The number of hydrazone groups is 1. The lowest BCUT2D eigenvalue weighted by Gasteiger charge is -2.23. The highest BCUT2D eigenvalue weighted by Gasteiger charge is 2.37. The molecule has 0 saturated heterocycles. The highest BCUT2D eigenvalue weighted by atomic mass is 19.4. The van der Waals surface area contributed by atoms with Crippen molar-refractivity contribution < 1.29 is 26.7 Å². The minimum Gasteiger partial charge on any atom is -0.490 e. The summed E-state index contributed by atoms with van der Waals surface area (Å²) < 4.78 is 74.6. The number of nitrogens with two attached hydrogens (primary N) is 1. The Labute approximate surface area is 213 Å². The highest BCUT2D eigenvalue weighted by Crippen LogP contribution is 2.41. The lowest BCUT2D eigenvalue weighted by molar-refractivity contribution is -0.139. The van der Waals surface area contributed by atoms with Gasteiger partial charge < -0.3 is 10.5 Å². The zero-order valence-corrected chi connectivity index (χ0v) is 20.8. The average Bonchev–Trinajstić information content (AvgIpc) is 2.85.